The first-order valence-corrected chi connectivity index (χ1v) is 8.16. The molecule has 0 unspecified atom stereocenters. The molecule has 2 rings (SSSR count). The molecule has 0 aliphatic heterocycles. The summed E-state index contributed by atoms with van der Waals surface area (Å²) in [5.74, 6) is -0.880. The summed E-state index contributed by atoms with van der Waals surface area (Å²) in [5, 5.41) is 2.69. The fourth-order valence-corrected chi connectivity index (χ4v) is 3.30. The molecule has 0 aliphatic rings. The minimum absolute atomic E-state index is 0.438. The fourth-order valence-electron chi connectivity index (χ4n) is 1.88. The lowest BCUT2D eigenvalue weighted by Crippen LogP contribution is -2.12. The molecule has 0 fully saturated rings. The van der Waals surface area contributed by atoms with Crippen LogP contribution in [0.4, 0.5) is 17.6 Å². The number of rotatable bonds is 2. The first kappa shape index (κ1) is 17.0. The maximum Gasteiger partial charge on any atom is 0.434 e. The van der Waals surface area contributed by atoms with Crippen molar-refractivity contribution in [2.45, 2.75) is 11.1 Å². The van der Waals surface area contributed by atoms with Gasteiger partial charge in [0.1, 0.15) is 11.5 Å². The minimum atomic E-state index is -4.82. The van der Waals surface area contributed by atoms with Crippen molar-refractivity contribution in [2.75, 3.05) is 0 Å². The Balaban J connectivity index is 2.82. The van der Waals surface area contributed by atoms with Crippen LogP contribution >= 0.6 is 22.3 Å². The van der Waals surface area contributed by atoms with Gasteiger partial charge < -0.3 is 0 Å². The Morgan fingerprint density at radius 3 is 2.32 bits per heavy atom. The predicted molar refractivity (Wildman–Crippen MR) is 71.7 cm³/mol. The van der Waals surface area contributed by atoms with Gasteiger partial charge in [0, 0.05) is 23.3 Å². The Labute approximate surface area is 131 Å². The highest BCUT2D eigenvalue weighted by atomic mass is 35.7. The Morgan fingerprint density at radius 2 is 1.86 bits per heavy atom. The van der Waals surface area contributed by atoms with E-state index in [4.69, 9.17) is 22.3 Å². The largest absolute Gasteiger partial charge is 0.434 e. The van der Waals surface area contributed by atoms with Crippen molar-refractivity contribution in [1.29, 1.82) is 0 Å². The molecule has 0 N–H and O–H groups in total. The molecule has 0 atom stereocenters. The zero-order chi connectivity index (χ0) is 16.9. The van der Waals surface area contributed by atoms with Crippen molar-refractivity contribution in [2.24, 2.45) is 7.05 Å². The Morgan fingerprint density at radius 1 is 1.27 bits per heavy atom. The second-order valence-corrected chi connectivity index (χ2v) is 7.12. The molecule has 1 aromatic carbocycles. The maximum atomic E-state index is 13.4. The van der Waals surface area contributed by atoms with E-state index in [1.807, 2.05) is 0 Å². The van der Waals surface area contributed by atoms with E-state index in [9.17, 15) is 26.0 Å². The zero-order valence-electron chi connectivity index (χ0n) is 10.6. The lowest BCUT2D eigenvalue weighted by molar-refractivity contribution is -0.143. The molecule has 120 valence electrons. The fraction of sp³-hybridized carbons (Fsp3) is 0.182. The summed E-state index contributed by atoms with van der Waals surface area (Å²) in [6.07, 6.45) is -4.82. The van der Waals surface area contributed by atoms with Gasteiger partial charge in [0.25, 0.3) is 9.05 Å². The molecule has 2 aromatic rings. The third kappa shape index (κ3) is 3.06. The highest BCUT2D eigenvalue weighted by Crippen LogP contribution is 2.41. The van der Waals surface area contributed by atoms with E-state index >= 15 is 0 Å². The Hall–Kier alpha value is -1.32. The van der Waals surface area contributed by atoms with Crippen LogP contribution in [-0.2, 0) is 22.3 Å². The van der Waals surface area contributed by atoms with Crippen molar-refractivity contribution in [3.8, 4) is 11.3 Å². The van der Waals surface area contributed by atoms with Gasteiger partial charge in [0.2, 0.25) is 0 Å². The van der Waals surface area contributed by atoms with Crippen LogP contribution in [0.15, 0.2) is 23.1 Å². The van der Waals surface area contributed by atoms with Crippen LogP contribution in [0.3, 0.4) is 0 Å². The van der Waals surface area contributed by atoms with Gasteiger partial charge in [-0.3, -0.25) is 4.68 Å². The third-order valence-electron chi connectivity index (χ3n) is 2.72. The number of benzene rings is 1. The summed E-state index contributed by atoms with van der Waals surface area (Å²) in [4.78, 5) is -0.593. The van der Waals surface area contributed by atoms with Crippen LogP contribution < -0.4 is 0 Å². The molecule has 0 saturated carbocycles. The van der Waals surface area contributed by atoms with Crippen LogP contribution in [-0.4, -0.2) is 18.2 Å². The van der Waals surface area contributed by atoms with Crippen molar-refractivity contribution in [1.82, 2.24) is 9.78 Å². The van der Waals surface area contributed by atoms with E-state index in [0.717, 1.165) is 19.2 Å². The molecule has 0 radical (unpaired) electrons. The number of alkyl halides is 3. The van der Waals surface area contributed by atoms with Gasteiger partial charge in [0.05, 0.1) is 9.92 Å². The molecule has 1 heterocycles. The Kier molecular flexibility index (Phi) is 4.18. The highest BCUT2D eigenvalue weighted by molar-refractivity contribution is 8.13. The monoisotopic (exact) mass is 376 g/mol. The Bertz CT molecular complexity index is 847. The van der Waals surface area contributed by atoms with Gasteiger partial charge in [-0.15, -0.1) is 0 Å². The summed E-state index contributed by atoms with van der Waals surface area (Å²) >= 11 is 5.66. The quantitative estimate of drug-likeness (QED) is 0.591. The van der Waals surface area contributed by atoms with Crippen LogP contribution in [0.25, 0.3) is 11.3 Å². The second kappa shape index (κ2) is 5.39. The van der Waals surface area contributed by atoms with Crippen LogP contribution in [0, 0.1) is 5.82 Å². The van der Waals surface area contributed by atoms with Crippen molar-refractivity contribution in [3.63, 3.8) is 0 Å². The lowest BCUT2D eigenvalue weighted by atomic mass is 10.1. The van der Waals surface area contributed by atoms with Crippen molar-refractivity contribution in [3.05, 3.63) is 34.7 Å². The molecular weight excluding hydrogens is 371 g/mol. The summed E-state index contributed by atoms with van der Waals surface area (Å²) in [5.41, 5.74) is -2.27. The van der Waals surface area contributed by atoms with E-state index in [2.05, 4.69) is 5.10 Å². The van der Waals surface area contributed by atoms with Gasteiger partial charge in [-0.2, -0.15) is 18.3 Å². The predicted octanol–water partition coefficient (Wildman–Crippen LogP) is 3.83. The lowest BCUT2D eigenvalue weighted by Gasteiger charge is -2.07. The summed E-state index contributed by atoms with van der Waals surface area (Å²) in [6, 6.07) is 2.33. The average molecular weight is 377 g/mol. The third-order valence-corrected chi connectivity index (χ3v) is 4.46. The molecule has 0 spiro atoms. The van der Waals surface area contributed by atoms with E-state index < -0.39 is 47.9 Å². The number of hydrogen-bond donors (Lipinski definition) is 0. The molecular formula is C11H6Cl2F4N2O2S. The average Bonchev–Trinajstić information content (AvgIpc) is 2.62. The van der Waals surface area contributed by atoms with Crippen LogP contribution in [0.5, 0.6) is 0 Å². The molecule has 0 saturated heterocycles. The van der Waals surface area contributed by atoms with Crippen molar-refractivity contribution < 1.29 is 26.0 Å². The maximum absolute atomic E-state index is 13.4. The molecule has 11 heteroatoms. The summed E-state index contributed by atoms with van der Waals surface area (Å²) in [6.45, 7) is 0. The van der Waals surface area contributed by atoms with E-state index in [1.165, 1.54) is 0 Å². The molecule has 0 bridgehead atoms. The number of halogens is 6. The van der Waals surface area contributed by atoms with Crippen molar-refractivity contribution >= 4 is 31.3 Å². The van der Waals surface area contributed by atoms with Gasteiger partial charge in [-0.05, 0) is 18.2 Å². The van der Waals surface area contributed by atoms with Crippen LogP contribution in [0.1, 0.15) is 5.69 Å². The summed E-state index contributed by atoms with van der Waals surface area (Å²) in [7, 11) is 1.85. The van der Waals surface area contributed by atoms with Gasteiger partial charge in [-0.1, -0.05) is 11.6 Å². The first-order valence-electron chi connectivity index (χ1n) is 5.47. The summed E-state index contributed by atoms with van der Waals surface area (Å²) < 4.78 is 75.4. The number of hydrogen-bond acceptors (Lipinski definition) is 3. The van der Waals surface area contributed by atoms with Gasteiger partial charge in [0.15, 0.2) is 5.69 Å². The number of aromatic nitrogens is 2. The van der Waals surface area contributed by atoms with E-state index in [1.54, 1.807) is 0 Å². The topological polar surface area (TPSA) is 52.0 Å². The zero-order valence-corrected chi connectivity index (χ0v) is 12.9. The highest BCUT2D eigenvalue weighted by Gasteiger charge is 2.39. The molecule has 0 aliphatic carbocycles. The molecule has 4 nitrogen and oxygen atoms in total. The number of aryl methyl sites for hydroxylation is 1. The van der Waals surface area contributed by atoms with Gasteiger partial charge >= 0.3 is 6.18 Å². The first-order chi connectivity index (χ1) is 9.93. The molecule has 1 aromatic heterocycles. The van der Waals surface area contributed by atoms with Gasteiger partial charge in [-0.25, -0.2) is 12.8 Å². The number of nitrogens with zero attached hydrogens (tertiary/aromatic N) is 2. The smallest absolute Gasteiger partial charge is 0.262 e. The standard InChI is InChI=1S/C11H6Cl2F4N2O2S/c1-19-10(11(15,16)17)8(12)9(18-19)6-4-5(14)2-3-7(6)22(13,20)21/h2-4H,1H3. The van der Waals surface area contributed by atoms with E-state index in [0.29, 0.717) is 10.7 Å². The normalized spacial score (nSPS) is 12.7. The molecule has 22 heavy (non-hydrogen) atoms. The second-order valence-electron chi connectivity index (χ2n) is 4.21. The SMILES string of the molecule is Cn1nc(-c2cc(F)ccc2S(=O)(=O)Cl)c(Cl)c1C(F)(F)F. The minimum Gasteiger partial charge on any atom is -0.262 e. The van der Waals surface area contributed by atoms with Crippen LogP contribution in [0.2, 0.25) is 5.02 Å². The van der Waals surface area contributed by atoms with E-state index in [-0.39, 0.29) is 0 Å². The molecule has 0 amide bonds.